The fourth-order valence-corrected chi connectivity index (χ4v) is 4.66. The minimum atomic E-state index is -0.476. The Kier molecular flexibility index (Phi) is 13.2. The molecule has 1 heterocycles. The lowest BCUT2D eigenvalue weighted by Gasteiger charge is -2.39. The number of benzene rings is 2. The quantitative estimate of drug-likeness (QED) is 0.210. The van der Waals surface area contributed by atoms with E-state index in [2.05, 4.69) is 13.8 Å². The number of anilines is 1. The van der Waals surface area contributed by atoms with Gasteiger partial charge in [-0.05, 0) is 25.8 Å². The first-order valence-corrected chi connectivity index (χ1v) is 14.2. The fraction of sp³-hybridized carbons (Fsp3) is 0.400. The number of non-ortho nitro benzene ring substituents is 1. The van der Waals surface area contributed by atoms with Crippen LogP contribution in [0.3, 0.4) is 0 Å². The molecule has 0 aliphatic carbocycles. The first-order valence-electron chi connectivity index (χ1n) is 13.4. The maximum atomic E-state index is 14.1. The van der Waals surface area contributed by atoms with Crippen molar-refractivity contribution in [1.82, 2.24) is 4.90 Å². The van der Waals surface area contributed by atoms with E-state index in [1.807, 2.05) is 32.9 Å². The largest absolute Gasteiger partial charge is 0.495 e. The lowest BCUT2D eigenvalue weighted by molar-refractivity contribution is -0.384. The van der Waals surface area contributed by atoms with Gasteiger partial charge in [0, 0.05) is 29.5 Å². The molecule has 2 aromatic carbocycles. The van der Waals surface area contributed by atoms with Gasteiger partial charge in [0.2, 0.25) is 0 Å². The molecule has 0 saturated carbocycles. The van der Waals surface area contributed by atoms with E-state index in [0.29, 0.717) is 22.9 Å². The van der Waals surface area contributed by atoms with Crippen molar-refractivity contribution in [1.29, 1.82) is 0 Å². The molecule has 3 rings (SSSR count). The molecular formula is C30H38Cl2N4O5. The van der Waals surface area contributed by atoms with Gasteiger partial charge in [0.05, 0.1) is 37.9 Å². The molecule has 0 aromatic heterocycles. The highest BCUT2D eigenvalue weighted by Crippen LogP contribution is 2.47. The Balaban J connectivity index is 0.00000138. The van der Waals surface area contributed by atoms with E-state index in [0.717, 1.165) is 17.7 Å². The summed E-state index contributed by atoms with van der Waals surface area (Å²) in [6.07, 6.45) is 7.22. The lowest BCUT2D eigenvalue weighted by atomic mass is 10.1. The second-order valence-corrected chi connectivity index (χ2v) is 9.90. The lowest BCUT2D eigenvalue weighted by Crippen LogP contribution is -2.53. The summed E-state index contributed by atoms with van der Waals surface area (Å²) in [6.45, 7) is 10.2. The molecule has 2 aromatic rings. The summed E-state index contributed by atoms with van der Waals surface area (Å²) in [6, 6.07) is 7.22. The fourth-order valence-electron chi connectivity index (χ4n) is 3.96. The number of hydrogen-bond donors (Lipinski definition) is 0. The van der Waals surface area contributed by atoms with Gasteiger partial charge in [0.15, 0.2) is 0 Å². The van der Waals surface area contributed by atoms with Crippen molar-refractivity contribution in [2.75, 3.05) is 25.7 Å². The summed E-state index contributed by atoms with van der Waals surface area (Å²) < 4.78 is 10.8. The molecule has 0 atom stereocenters. The minimum Gasteiger partial charge on any atom is -0.495 e. The normalized spacial score (nSPS) is 15.6. The van der Waals surface area contributed by atoms with E-state index in [-0.39, 0.29) is 34.5 Å². The summed E-state index contributed by atoms with van der Waals surface area (Å²) in [5.74, 6) is 1.03. The number of amides is 2. The van der Waals surface area contributed by atoms with Gasteiger partial charge in [0.1, 0.15) is 27.4 Å². The highest BCUT2D eigenvalue weighted by Gasteiger charge is 2.38. The van der Waals surface area contributed by atoms with Gasteiger partial charge < -0.3 is 9.47 Å². The maximum absolute atomic E-state index is 14.1. The number of carbonyl (C=O) groups is 1. The molecule has 0 bridgehead atoms. The number of urea groups is 1. The van der Waals surface area contributed by atoms with Crippen LogP contribution in [-0.2, 0) is 6.54 Å². The van der Waals surface area contributed by atoms with Crippen LogP contribution in [-0.4, -0.2) is 42.5 Å². The number of ether oxygens (including phenoxy) is 2. The molecule has 0 unspecified atom stereocenters. The van der Waals surface area contributed by atoms with Crippen LogP contribution < -0.4 is 14.4 Å². The minimum absolute atomic E-state index is 0.0307. The van der Waals surface area contributed by atoms with Gasteiger partial charge >= 0.3 is 6.03 Å². The van der Waals surface area contributed by atoms with E-state index in [1.165, 1.54) is 49.0 Å². The van der Waals surface area contributed by atoms with E-state index in [9.17, 15) is 14.9 Å². The van der Waals surface area contributed by atoms with Crippen LogP contribution in [0.4, 0.5) is 16.2 Å². The Hall–Kier alpha value is -3.56. The summed E-state index contributed by atoms with van der Waals surface area (Å²) in [4.78, 5) is 32.6. The molecule has 222 valence electrons. The number of nitro groups is 1. The molecule has 41 heavy (non-hydrogen) atoms. The van der Waals surface area contributed by atoms with Crippen LogP contribution in [0.25, 0.3) is 0 Å². The zero-order chi connectivity index (χ0) is 30.7. The number of hydrogen-bond acceptors (Lipinski definition) is 6. The average Bonchev–Trinajstić information content (AvgIpc) is 2.96. The molecule has 2 amide bonds. The van der Waals surface area contributed by atoms with E-state index >= 15 is 0 Å². The Bertz CT molecular complexity index is 1310. The Morgan fingerprint density at radius 3 is 2.20 bits per heavy atom. The van der Waals surface area contributed by atoms with Gasteiger partial charge in [-0.1, -0.05) is 81.1 Å². The summed E-state index contributed by atoms with van der Waals surface area (Å²) in [5, 5.41) is 11.6. The SMILES string of the molecule is C/C=C1/CN(c2c(Cl)c(OC)cc(OC)c2Cl)C(=O)N(Cc2cccc([N+](=O)[O-])c2)/C1=N\C(C)=C\CC.CCCC. The number of amidine groups is 1. The van der Waals surface area contributed by atoms with E-state index in [1.54, 1.807) is 18.2 Å². The third kappa shape index (κ3) is 8.24. The van der Waals surface area contributed by atoms with Crippen LogP contribution in [0.1, 0.15) is 59.4 Å². The van der Waals surface area contributed by atoms with Crippen molar-refractivity contribution in [2.24, 2.45) is 4.99 Å². The molecule has 1 fully saturated rings. The van der Waals surface area contributed by atoms with Gasteiger partial charge in [-0.25, -0.2) is 9.79 Å². The molecule has 1 aliphatic heterocycles. The first kappa shape index (κ1) is 33.6. The highest BCUT2D eigenvalue weighted by atomic mass is 35.5. The van der Waals surface area contributed by atoms with Crippen LogP contribution in [0.5, 0.6) is 11.5 Å². The van der Waals surface area contributed by atoms with Crippen LogP contribution in [0, 0.1) is 10.1 Å². The van der Waals surface area contributed by atoms with Gasteiger partial charge in [-0.2, -0.15) is 0 Å². The standard InChI is InChI=1S/C26H28Cl2N4O5.C4H10/c1-6-9-16(3)29-25-18(7-2)15-30(24-22(27)20(36-4)13-21(37-5)23(24)28)26(33)31(25)14-17-10-8-11-19(12-17)32(34)35;1-3-4-2/h7-13H,6,14-15H2,1-5H3;3-4H2,1-2H3/b16-9+,18-7-,29-25-;. The Morgan fingerprint density at radius 2 is 1.71 bits per heavy atom. The van der Waals surface area contributed by atoms with Crippen LogP contribution >= 0.6 is 23.2 Å². The summed E-state index contributed by atoms with van der Waals surface area (Å²) >= 11 is 13.3. The highest BCUT2D eigenvalue weighted by molar-refractivity contribution is 6.42. The molecule has 0 N–H and O–H groups in total. The Morgan fingerprint density at radius 1 is 1.10 bits per heavy atom. The second kappa shape index (κ2) is 16.0. The number of halogens is 2. The number of methoxy groups -OCH3 is 2. The molecular weight excluding hydrogens is 567 g/mol. The zero-order valence-electron chi connectivity index (χ0n) is 24.7. The van der Waals surface area contributed by atoms with Crippen molar-refractivity contribution in [3.05, 3.63) is 79.5 Å². The third-order valence-corrected chi connectivity index (χ3v) is 6.98. The predicted octanol–water partition coefficient (Wildman–Crippen LogP) is 8.83. The topological polar surface area (TPSA) is 97.5 Å². The number of nitro benzene ring substituents is 1. The average molecular weight is 606 g/mol. The zero-order valence-corrected chi connectivity index (χ0v) is 26.2. The van der Waals surface area contributed by atoms with Crippen LogP contribution in [0.2, 0.25) is 10.0 Å². The molecule has 1 aliphatic rings. The number of nitrogens with zero attached hydrogens (tertiary/aromatic N) is 4. The van der Waals surface area contributed by atoms with Crippen LogP contribution in [0.15, 0.2) is 58.7 Å². The van der Waals surface area contributed by atoms with Gasteiger partial charge in [-0.3, -0.25) is 19.9 Å². The van der Waals surface area contributed by atoms with Crippen molar-refractivity contribution >= 4 is 46.4 Å². The summed E-state index contributed by atoms with van der Waals surface area (Å²) in [7, 11) is 2.91. The van der Waals surface area contributed by atoms with Gasteiger partial charge in [-0.15, -0.1) is 0 Å². The molecule has 0 spiro atoms. The third-order valence-electron chi connectivity index (χ3n) is 6.25. The van der Waals surface area contributed by atoms with E-state index < -0.39 is 11.0 Å². The molecule has 0 radical (unpaired) electrons. The summed E-state index contributed by atoms with van der Waals surface area (Å²) in [5.41, 5.74) is 2.19. The maximum Gasteiger partial charge on any atom is 0.330 e. The van der Waals surface area contributed by atoms with Crippen molar-refractivity contribution in [2.45, 2.75) is 60.4 Å². The monoisotopic (exact) mass is 604 g/mol. The van der Waals surface area contributed by atoms with Crippen molar-refractivity contribution in [3.8, 4) is 11.5 Å². The number of rotatable bonds is 9. The Labute approximate surface area is 252 Å². The number of allylic oxidation sites excluding steroid dienone is 3. The number of aliphatic imine (C=N–C) groups is 1. The molecule has 11 heteroatoms. The number of carbonyl (C=O) groups excluding carboxylic acids is 1. The second-order valence-electron chi connectivity index (χ2n) is 9.14. The number of unbranched alkanes of at least 4 members (excludes halogenated alkanes) is 1. The van der Waals surface area contributed by atoms with Crippen molar-refractivity contribution in [3.63, 3.8) is 0 Å². The van der Waals surface area contributed by atoms with E-state index in [4.69, 9.17) is 37.7 Å². The molecule has 9 nitrogen and oxygen atoms in total. The van der Waals surface area contributed by atoms with Crippen molar-refractivity contribution < 1.29 is 19.2 Å². The first-order chi connectivity index (χ1) is 19.6. The smallest absolute Gasteiger partial charge is 0.330 e. The molecule has 1 saturated heterocycles. The predicted molar refractivity (Wildman–Crippen MR) is 167 cm³/mol. The van der Waals surface area contributed by atoms with Gasteiger partial charge in [0.25, 0.3) is 5.69 Å².